The maximum atomic E-state index is 11.0. The summed E-state index contributed by atoms with van der Waals surface area (Å²) in [5, 5.41) is 19.7. The van der Waals surface area contributed by atoms with Crippen LogP contribution in [-0.2, 0) is 0 Å². The highest BCUT2D eigenvalue weighted by atomic mass is 16.6. The molecule has 124 valence electrons. The van der Waals surface area contributed by atoms with Gasteiger partial charge in [0.05, 0.1) is 4.92 Å². The van der Waals surface area contributed by atoms with Crippen molar-refractivity contribution in [2.24, 2.45) is 0 Å². The van der Waals surface area contributed by atoms with Gasteiger partial charge in [-0.05, 0) is 24.3 Å². The van der Waals surface area contributed by atoms with Crippen LogP contribution >= 0.6 is 0 Å². The van der Waals surface area contributed by atoms with Crippen LogP contribution in [0.25, 0.3) is 0 Å². The Hall–Kier alpha value is -3.16. The molecule has 0 atom stereocenters. The molecule has 0 radical (unpaired) electrons. The van der Waals surface area contributed by atoms with Crippen molar-refractivity contribution < 1.29 is 14.8 Å². The van der Waals surface area contributed by atoms with Gasteiger partial charge in [0, 0.05) is 55.9 Å². The number of aromatic carboxylic acids is 1. The molecule has 0 bridgehead atoms. The molecular formula is C16H16N4O4. The summed E-state index contributed by atoms with van der Waals surface area (Å²) in [6.45, 7) is 2.98. The number of nitro benzene ring substituents is 1. The van der Waals surface area contributed by atoms with Gasteiger partial charge in [0.2, 0.25) is 0 Å². The third kappa shape index (κ3) is 3.27. The number of benzene rings is 1. The SMILES string of the molecule is O=C(O)c1cc(N2CCN(c3ccc([N+](=O)[O-])cc3)CC2)ccn1. The molecule has 2 aromatic rings. The minimum absolute atomic E-state index is 0.0327. The Morgan fingerprint density at radius 2 is 1.62 bits per heavy atom. The van der Waals surface area contributed by atoms with E-state index in [1.165, 1.54) is 18.3 Å². The summed E-state index contributed by atoms with van der Waals surface area (Å²) in [4.78, 5) is 29.4. The van der Waals surface area contributed by atoms with Crippen LogP contribution in [0.4, 0.5) is 17.1 Å². The maximum absolute atomic E-state index is 11.0. The van der Waals surface area contributed by atoms with Crippen LogP contribution in [0.15, 0.2) is 42.6 Å². The third-order valence-corrected chi connectivity index (χ3v) is 4.03. The molecule has 2 heterocycles. The van der Waals surface area contributed by atoms with E-state index in [4.69, 9.17) is 5.11 Å². The lowest BCUT2D eigenvalue weighted by Crippen LogP contribution is -2.46. The molecule has 24 heavy (non-hydrogen) atoms. The van der Waals surface area contributed by atoms with Crippen molar-refractivity contribution in [1.29, 1.82) is 0 Å². The number of piperazine rings is 1. The first-order chi connectivity index (χ1) is 11.5. The first-order valence-corrected chi connectivity index (χ1v) is 7.48. The van der Waals surface area contributed by atoms with Gasteiger partial charge in [-0.2, -0.15) is 0 Å². The second-order valence-corrected chi connectivity index (χ2v) is 5.45. The van der Waals surface area contributed by atoms with Gasteiger partial charge in [-0.1, -0.05) is 0 Å². The highest BCUT2D eigenvalue weighted by Gasteiger charge is 2.19. The number of non-ortho nitro benzene ring substituents is 1. The zero-order valence-electron chi connectivity index (χ0n) is 12.8. The Morgan fingerprint density at radius 1 is 1.04 bits per heavy atom. The molecule has 1 aliphatic rings. The van der Waals surface area contributed by atoms with Crippen LogP contribution in [0.1, 0.15) is 10.5 Å². The lowest BCUT2D eigenvalue weighted by molar-refractivity contribution is -0.384. The largest absolute Gasteiger partial charge is 0.477 e. The molecule has 0 unspecified atom stereocenters. The number of hydrogen-bond donors (Lipinski definition) is 1. The number of rotatable bonds is 4. The van der Waals surface area contributed by atoms with Gasteiger partial charge in [-0.15, -0.1) is 0 Å². The molecule has 1 fully saturated rings. The number of hydrogen-bond acceptors (Lipinski definition) is 6. The van der Waals surface area contributed by atoms with E-state index in [1.807, 2.05) is 0 Å². The fraction of sp³-hybridized carbons (Fsp3) is 0.250. The first-order valence-electron chi connectivity index (χ1n) is 7.48. The van der Waals surface area contributed by atoms with Crippen molar-refractivity contribution in [3.63, 3.8) is 0 Å². The van der Waals surface area contributed by atoms with Crippen LogP contribution in [0.2, 0.25) is 0 Å². The first kappa shape index (κ1) is 15.7. The van der Waals surface area contributed by atoms with Crippen molar-refractivity contribution >= 4 is 23.0 Å². The van der Waals surface area contributed by atoms with E-state index in [2.05, 4.69) is 14.8 Å². The molecular weight excluding hydrogens is 312 g/mol. The van der Waals surface area contributed by atoms with Crippen molar-refractivity contribution in [3.8, 4) is 0 Å². The fourth-order valence-electron chi connectivity index (χ4n) is 2.74. The number of anilines is 2. The molecule has 1 aromatic heterocycles. The number of nitro groups is 1. The summed E-state index contributed by atoms with van der Waals surface area (Å²) < 4.78 is 0. The molecule has 0 spiro atoms. The maximum Gasteiger partial charge on any atom is 0.354 e. The molecule has 0 saturated carbocycles. The van der Waals surface area contributed by atoms with Crippen LogP contribution in [0.5, 0.6) is 0 Å². The molecule has 0 aliphatic carbocycles. The van der Waals surface area contributed by atoms with Crippen LogP contribution in [0, 0.1) is 10.1 Å². The summed E-state index contributed by atoms with van der Waals surface area (Å²) >= 11 is 0. The van der Waals surface area contributed by atoms with Crippen molar-refractivity contribution in [2.45, 2.75) is 0 Å². The molecule has 3 rings (SSSR count). The fourth-order valence-corrected chi connectivity index (χ4v) is 2.74. The molecule has 8 heteroatoms. The van der Waals surface area contributed by atoms with E-state index in [1.54, 1.807) is 24.3 Å². The van der Waals surface area contributed by atoms with E-state index in [0.29, 0.717) is 0 Å². The molecule has 0 amide bonds. The standard InChI is InChI=1S/C16H16N4O4/c21-16(22)15-11-14(5-6-17-15)19-9-7-18(8-10-19)12-1-3-13(4-2-12)20(23)24/h1-6,11H,7-10H2,(H,21,22). The Bertz CT molecular complexity index is 755. The zero-order valence-corrected chi connectivity index (χ0v) is 12.8. The Balaban J connectivity index is 1.66. The van der Waals surface area contributed by atoms with E-state index >= 15 is 0 Å². The summed E-state index contributed by atoms with van der Waals surface area (Å²) in [7, 11) is 0. The normalized spacial score (nSPS) is 14.5. The summed E-state index contributed by atoms with van der Waals surface area (Å²) in [5.74, 6) is -1.04. The molecule has 1 aromatic carbocycles. The Morgan fingerprint density at radius 3 is 2.17 bits per heavy atom. The summed E-state index contributed by atoms with van der Waals surface area (Å²) in [6.07, 6.45) is 1.50. The number of carbonyl (C=O) groups is 1. The number of carboxylic acids is 1. The van der Waals surface area contributed by atoms with E-state index in [-0.39, 0.29) is 11.4 Å². The van der Waals surface area contributed by atoms with Gasteiger partial charge < -0.3 is 14.9 Å². The van der Waals surface area contributed by atoms with Crippen molar-refractivity contribution in [1.82, 2.24) is 4.98 Å². The minimum Gasteiger partial charge on any atom is -0.477 e. The van der Waals surface area contributed by atoms with Gasteiger partial charge in [-0.25, -0.2) is 9.78 Å². The minimum atomic E-state index is -1.04. The highest BCUT2D eigenvalue weighted by Crippen LogP contribution is 2.23. The number of nitrogens with zero attached hydrogens (tertiary/aromatic N) is 4. The van der Waals surface area contributed by atoms with Crippen molar-refractivity contribution in [2.75, 3.05) is 36.0 Å². The predicted molar refractivity (Wildman–Crippen MR) is 88.7 cm³/mol. The van der Waals surface area contributed by atoms with Crippen LogP contribution in [-0.4, -0.2) is 47.2 Å². The van der Waals surface area contributed by atoms with E-state index in [9.17, 15) is 14.9 Å². The van der Waals surface area contributed by atoms with Gasteiger partial charge in [-0.3, -0.25) is 10.1 Å². The molecule has 8 nitrogen and oxygen atoms in total. The number of pyridine rings is 1. The van der Waals surface area contributed by atoms with Crippen LogP contribution in [0.3, 0.4) is 0 Å². The Kier molecular flexibility index (Phi) is 4.28. The molecule has 1 aliphatic heterocycles. The predicted octanol–water partition coefficient (Wildman–Crippen LogP) is 2.01. The van der Waals surface area contributed by atoms with Crippen molar-refractivity contribution in [3.05, 3.63) is 58.4 Å². The van der Waals surface area contributed by atoms with Gasteiger partial charge in [0.25, 0.3) is 5.69 Å². The molecule has 1 saturated heterocycles. The second kappa shape index (κ2) is 6.53. The topological polar surface area (TPSA) is 99.8 Å². The number of carboxylic acid groups (broad SMARTS) is 1. The average Bonchev–Trinajstić information content (AvgIpc) is 2.62. The second-order valence-electron chi connectivity index (χ2n) is 5.45. The molecule has 1 N–H and O–H groups in total. The average molecular weight is 328 g/mol. The highest BCUT2D eigenvalue weighted by molar-refractivity contribution is 5.86. The lowest BCUT2D eigenvalue weighted by Gasteiger charge is -2.37. The summed E-state index contributed by atoms with van der Waals surface area (Å²) in [5.41, 5.74) is 1.90. The van der Waals surface area contributed by atoms with Gasteiger partial charge >= 0.3 is 5.97 Å². The Labute approximate surface area is 138 Å². The lowest BCUT2D eigenvalue weighted by atomic mass is 10.2. The van der Waals surface area contributed by atoms with Gasteiger partial charge in [0.1, 0.15) is 5.69 Å². The summed E-state index contributed by atoms with van der Waals surface area (Å²) in [6, 6.07) is 9.89. The number of aromatic nitrogens is 1. The van der Waals surface area contributed by atoms with E-state index < -0.39 is 10.9 Å². The quantitative estimate of drug-likeness (QED) is 0.677. The third-order valence-electron chi connectivity index (χ3n) is 4.03. The van der Waals surface area contributed by atoms with Crippen LogP contribution < -0.4 is 9.80 Å². The zero-order chi connectivity index (χ0) is 17.1. The van der Waals surface area contributed by atoms with E-state index in [0.717, 1.165) is 37.6 Å². The smallest absolute Gasteiger partial charge is 0.354 e. The van der Waals surface area contributed by atoms with Gasteiger partial charge in [0.15, 0.2) is 0 Å². The monoisotopic (exact) mass is 328 g/mol.